The Morgan fingerprint density at radius 2 is 1.69 bits per heavy atom. The van der Waals surface area contributed by atoms with Crippen LogP contribution in [0.3, 0.4) is 0 Å². The number of carbonyl (C=O) groups excluding carboxylic acids is 3. The Morgan fingerprint density at radius 3 is 2.48 bits per heavy atom. The molecule has 11 nitrogen and oxygen atoms in total. The first kappa shape index (κ1) is 31.1. The fraction of sp³-hybridized carbons (Fsp3) is 0.270. The first-order valence-electron chi connectivity index (χ1n) is 16.0. The maximum absolute atomic E-state index is 12.9. The number of pyridine rings is 2. The second kappa shape index (κ2) is 13.7. The highest BCUT2D eigenvalue weighted by molar-refractivity contribution is 6.05. The zero-order chi connectivity index (χ0) is 33.0. The van der Waals surface area contributed by atoms with Crippen LogP contribution in [0.2, 0.25) is 0 Å². The van der Waals surface area contributed by atoms with Gasteiger partial charge in [0.15, 0.2) is 0 Å². The third-order valence-corrected chi connectivity index (χ3v) is 8.71. The van der Waals surface area contributed by atoms with Gasteiger partial charge in [-0.05, 0) is 66.8 Å². The largest absolute Gasteiger partial charge is 0.495 e. The number of rotatable bonds is 12. The van der Waals surface area contributed by atoms with E-state index in [1.54, 1.807) is 19.2 Å². The Kier molecular flexibility index (Phi) is 8.84. The van der Waals surface area contributed by atoms with E-state index in [-0.39, 0.29) is 18.2 Å². The van der Waals surface area contributed by atoms with Crippen LogP contribution in [0.15, 0.2) is 85.3 Å². The number of amides is 3. The van der Waals surface area contributed by atoms with Gasteiger partial charge in [0.2, 0.25) is 11.8 Å². The summed E-state index contributed by atoms with van der Waals surface area (Å²) >= 11 is 0. The average molecular weight is 646 g/mol. The van der Waals surface area contributed by atoms with Crippen LogP contribution < -0.4 is 14.8 Å². The first-order valence-corrected chi connectivity index (χ1v) is 16.0. The predicted molar refractivity (Wildman–Crippen MR) is 178 cm³/mol. The zero-order valence-electron chi connectivity index (χ0n) is 26.6. The number of imidazole rings is 1. The second-order valence-corrected chi connectivity index (χ2v) is 11.9. The van der Waals surface area contributed by atoms with Crippen molar-refractivity contribution in [1.82, 2.24) is 24.6 Å². The van der Waals surface area contributed by atoms with Crippen LogP contribution in [0.1, 0.15) is 40.9 Å². The van der Waals surface area contributed by atoms with Gasteiger partial charge < -0.3 is 23.5 Å². The van der Waals surface area contributed by atoms with Gasteiger partial charge in [0.1, 0.15) is 29.8 Å². The minimum atomic E-state index is -0.632. The first-order chi connectivity index (χ1) is 23.4. The second-order valence-electron chi connectivity index (χ2n) is 11.9. The third kappa shape index (κ3) is 6.63. The monoisotopic (exact) mass is 645 g/mol. The standard InChI is InChI=1S/C37H35N5O6/c1-46-30-11-14-34-39-32(23-41(34)22-30)25-6-4-24(5-7-25)26-8-9-28(38-20-26)3-2-16-47-17-18-48-29-10-12-31-27(19-29)21-42(37(31)45)33-13-15-35(43)40-36(33)44/h4-12,14,19-20,22-23,33H,2-3,13,15-18,21H2,1H3,(H,40,43,44). The fourth-order valence-electron chi connectivity index (χ4n) is 6.12. The highest BCUT2D eigenvalue weighted by Crippen LogP contribution is 2.30. The van der Waals surface area contributed by atoms with E-state index in [0.29, 0.717) is 44.1 Å². The quantitative estimate of drug-likeness (QED) is 0.151. The van der Waals surface area contributed by atoms with Crippen molar-refractivity contribution in [1.29, 1.82) is 0 Å². The fourth-order valence-corrected chi connectivity index (χ4v) is 6.12. The molecule has 0 saturated carbocycles. The number of benzene rings is 2. The Hall–Kier alpha value is -5.55. The van der Waals surface area contributed by atoms with Gasteiger partial charge in [0.25, 0.3) is 5.91 Å². The van der Waals surface area contributed by atoms with E-state index >= 15 is 0 Å². The molecule has 0 aliphatic carbocycles. The Bertz CT molecular complexity index is 1970. The maximum Gasteiger partial charge on any atom is 0.255 e. The number of methoxy groups -OCH3 is 1. The minimum Gasteiger partial charge on any atom is -0.495 e. The van der Waals surface area contributed by atoms with Gasteiger partial charge in [-0.1, -0.05) is 30.3 Å². The molecule has 11 heteroatoms. The molecule has 1 saturated heterocycles. The molecule has 1 fully saturated rings. The van der Waals surface area contributed by atoms with Crippen LogP contribution in [-0.4, -0.2) is 70.0 Å². The SMILES string of the molecule is COc1ccc2nc(-c3ccc(-c4ccc(CCCOCCOc5ccc6c(c5)CN(C5CCC(=O)NC5=O)C6=O)nc4)cc3)cn2c1. The molecule has 2 aliphatic rings. The molecular formula is C37H35N5O6. The third-order valence-electron chi connectivity index (χ3n) is 8.71. The molecule has 3 aromatic heterocycles. The van der Waals surface area contributed by atoms with Crippen molar-refractivity contribution in [2.45, 2.75) is 38.3 Å². The number of carbonyl (C=O) groups is 3. The highest BCUT2D eigenvalue weighted by Gasteiger charge is 2.39. The maximum atomic E-state index is 12.9. The number of imide groups is 1. The smallest absolute Gasteiger partial charge is 0.255 e. The topological polar surface area (TPSA) is 124 Å². The summed E-state index contributed by atoms with van der Waals surface area (Å²) in [4.78, 5) is 47.5. The molecule has 5 heterocycles. The highest BCUT2D eigenvalue weighted by atomic mass is 16.5. The van der Waals surface area contributed by atoms with Gasteiger partial charge >= 0.3 is 0 Å². The Labute approximate surface area is 277 Å². The summed E-state index contributed by atoms with van der Waals surface area (Å²) in [5.41, 5.74) is 7.33. The lowest BCUT2D eigenvalue weighted by molar-refractivity contribution is -0.136. The molecule has 0 radical (unpaired) electrons. The van der Waals surface area contributed by atoms with Crippen LogP contribution in [0.4, 0.5) is 0 Å². The van der Waals surface area contributed by atoms with Crippen molar-refractivity contribution in [3.8, 4) is 33.9 Å². The van der Waals surface area contributed by atoms with Crippen molar-refractivity contribution in [2.75, 3.05) is 26.9 Å². The number of fused-ring (bicyclic) bond motifs is 2. The molecule has 1 atom stereocenters. The molecule has 0 bridgehead atoms. The molecule has 48 heavy (non-hydrogen) atoms. The van der Waals surface area contributed by atoms with Crippen LogP contribution in [0.25, 0.3) is 28.0 Å². The van der Waals surface area contributed by atoms with Gasteiger partial charge in [-0.2, -0.15) is 0 Å². The number of nitrogens with one attached hydrogen (secondary N) is 1. The van der Waals surface area contributed by atoms with Gasteiger partial charge in [0.05, 0.1) is 25.6 Å². The summed E-state index contributed by atoms with van der Waals surface area (Å²) in [5, 5.41) is 2.32. The summed E-state index contributed by atoms with van der Waals surface area (Å²) in [6, 6.07) is 21.0. The molecule has 7 rings (SSSR count). The van der Waals surface area contributed by atoms with E-state index in [1.807, 2.05) is 41.2 Å². The van der Waals surface area contributed by atoms with E-state index in [2.05, 4.69) is 46.7 Å². The minimum absolute atomic E-state index is 0.199. The summed E-state index contributed by atoms with van der Waals surface area (Å²) < 4.78 is 18.9. The number of hydrogen-bond acceptors (Lipinski definition) is 8. The molecule has 1 unspecified atom stereocenters. The molecule has 2 aliphatic heterocycles. The molecule has 3 amide bonds. The van der Waals surface area contributed by atoms with E-state index in [9.17, 15) is 14.4 Å². The van der Waals surface area contributed by atoms with Crippen LogP contribution in [-0.2, 0) is 27.3 Å². The van der Waals surface area contributed by atoms with Gasteiger partial charge in [-0.15, -0.1) is 0 Å². The van der Waals surface area contributed by atoms with Gasteiger partial charge in [-0.25, -0.2) is 4.98 Å². The number of piperidine rings is 1. The van der Waals surface area contributed by atoms with Crippen LogP contribution >= 0.6 is 0 Å². The molecule has 2 aromatic carbocycles. The summed E-state index contributed by atoms with van der Waals surface area (Å²) in [7, 11) is 1.65. The number of ether oxygens (including phenoxy) is 3. The summed E-state index contributed by atoms with van der Waals surface area (Å²) in [6.45, 7) is 1.71. The number of hydrogen-bond donors (Lipinski definition) is 1. The Balaban J connectivity index is 0.829. The van der Waals surface area contributed by atoms with Crippen molar-refractivity contribution in [2.24, 2.45) is 0 Å². The predicted octanol–water partition coefficient (Wildman–Crippen LogP) is 4.86. The van der Waals surface area contributed by atoms with E-state index in [0.717, 1.165) is 57.9 Å². The summed E-state index contributed by atoms with van der Waals surface area (Å²) in [5.74, 6) is 0.511. The van der Waals surface area contributed by atoms with Crippen LogP contribution in [0, 0.1) is 0 Å². The van der Waals surface area contributed by atoms with E-state index in [1.165, 1.54) is 4.90 Å². The number of nitrogens with zero attached hydrogens (tertiary/aromatic N) is 4. The van der Waals surface area contributed by atoms with Gasteiger partial charge in [0, 0.05) is 54.4 Å². The molecule has 244 valence electrons. The lowest BCUT2D eigenvalue weighted by Gasteiger charge is -2.29. The van der Waals surface area contributed by atoms with E-state index < -0.39 is 11.9 Å². The lowest BCUT2D eigenvalue weighted by atomic mass is 10.0. The average Bonchev–Trinajstić information content (AvgIpc) is 3.68. The summed E-state index contributed by atoms with van der Waals surface area (Å²) in [6.07, 6.45) is 8.03. The Morgan fingerprint density at radius 1 is 0.875 bits per heavy atom. The van der Waals surface area contributed by atoms with Gasteiger partial charge in [-0.3, -0.25) is 24.7 Å². The van der Waals surface area contributed by atoms with Crippen LogP contribution in [0.5, 0.6) is 11.5 Å². The molecule has 0 spiro atoms. The molecule has 1 N–H and O–H groups in total. The zero-order valence-corrected chi connectivity index (χ0v) is 26.6. The lowest BCUT2D eigenvalue weighted by Crippen LogP contribution is -2.52. The number of aryl methyl sites for hydroxylation is 1. The van der Waals surface area contributed by atoms with Crippen molar-refractivity contribution in [3.05, 3.63) is 102 Å². The van der Waals surface area contributed by atoms with Crippen molar-refractivity contribution >= 4 is 23.4 Å². The van der Waals surface area contributed by atoms with E-state index in [4.69, 9.17) is 19.2 Å². The molecule has 5 aromatic rings. The number of aromatic nitrogens is 3. The molecular weight excluding hydrogens is 610 g/mol. The normalized spacial score (nSPS) is 15.9. The van der Waals surface area contributed by atoms with Crippen molar-refractivity contribution in [3.63, 3.8) is 0 Å². The van der Waals surface area contributed by atoms with Crippen molar-refractivity contribution < 1.29 is 28.6 Å².